The van der Waals surface area contributed by atoms with Crippen molar-refractivity contribution in [2.24, 2.45) is 5.92 Å². The van der Waals surface area contributed by atoms with Crippen LogP contribution in [0.3, 0.4) is 0 Å². The molecule has 124 valence electrons. The molecule has 1 heterocycles. The minimum absolute atomic E-state index is 0.0802. The Morgan fingerprint density at radius 2 is 2.12 bits per heavy atom. The molecule has 2 atom stereocenters. The standard InChI is InChI=1S/C19H21N3OS/c1-19(13-20,15-9-10-15)22-17(23)12-21-18(16-8-5-11-24-16)14-6-3-2-4-7-14/h2-8,11,15,18,21H,9-10,12H2,1H3,(H,22,23)/p+1/t18-,19-/m0/s1. The van der Waals surface area contributed by atoms with Crippen molar-refractivity contribution in [1.29, 1.82) is 5.26 Å². The summed E-state index contributed by atoms with van der Waals surface area (Å²) in [7, 11) is 0. The molecular weight excluding hydrogens is 318 g/mol. The first-order valence-corrected chi connectivity index (χ1v) is 9.14. The van der Waals surface area contributed by atoms with Gasteiger partial charge in [-0.3, -0.25) is 4.79 Å². The molecule has 1 amide bonds. The maximum atomic E-state index is 12.4. The predicted molar refractivity (Wildman–Crippen MR) is 94.3 cm³/mol. The average molecular weight is 340 g/mol. The van der Waals surface area contributed by atoms with Gasteiger partial charge in [-0.15, -0.1) is 11.3 Å². The highest BCUT2D eigenvalue weighted by Gasteiger charge is 2.43. The van der Waals surface area contributed by atoms with Crippen LogP contribution in [-0.4, -0.2) is 18.0 Å². The highest BCUT2D eigenvalue weighted by atomic mass is 32.1. The van der Waals surface area contributed by atoms with Crippen molar-refractivity contribution in [2.75, 3.05) is 6.54 Å². The lowest BCUT2D eigenvalue weighted by Gasteiger charge is -2.23. The van der Waals surface area contributed by atoms with E-state index in [0.29, 0.717) is 12.5 Å². The van der Waals surface area contributed by atoms with Crippen molar-refractivity contribution in [3.05, 3.63) is 58.3 Å². The third-order valence-corrected chi connectivity index (χ3v) is 5.53. The number of nitrogens with one attached hydrogen (secondary N) is 1. The summed E-state index contributed by atoms with van der Waals surface area (Å²) in [6.45, 7) is 2.14. The SMILES string of the molecule is C[C@@](C#N)(NC(=O)C[NH2+][C@@H](c1ccccc1)c1cccs1)C1CC1. The maximum absolute atomic E-state index is 12.4. The molecule has 5 heteroatoms. The number of nitrogens with two attached hydrogens (primary N) is 1. The van der Waals surface area contributed by atoms with Crippen molar-refractivity contribution in [1.82, 2.24) is 5.32 Å². The maximum Gasteiger partial charge on any atom is 0.276 e. The van der Waals surface area contributed by atoms with Crippen molar-refractivity contribution >= 4 is 17.2 Å². The minimum atomic E-state index is -0.726. The summed E-state index contributed by atoms with van der Waals surface area (Å²) in [4.78, 5) is 13.6. The number of carbonyl (C=O) groups excluding carboxylic acids is 1. The number of hydrogen-bond acceptors (Lipinski definition) is 3. The summed E-state index contributed by atoms with van der Waals surface area (Å²) in [5.74, 6) is 0.220. The number of carbonyl (C=O) groups is 1. The molecule has 0 unspecified atom stereocenters. The van der Waals surface area contributed by atoms with E-state index in [9.17, 15) is 10.1 Å². The molecule has 1 fully saturated rings. The Bertz CT molecular complexity index is 719. The van der Waals surface area contributed by atoms with E-state index in [1.165, 1.54) is 10.4 Å². The largest absolute Gasteiger partial charge is 0.333 e. The fourth-order valence-corrected chi connectivity index (χ4v) is 3.84. The number of rotatable bonds is 7. The van der Waals surface area contributed by atoms with Crippen LogP contribution >= 0.6 is 11.3 Å². The lowest BCUT2D eigenvalue weighted by Crippen LogP contribution is -2.88. The van der Waals surface area contributed by atoms with Crippen LogP contribution in [0.1, 0.15) is 36.2 Å². The third-order valence-electron chi connectivity index (χ3n) is 4.57. The Labute approximate surface area is 146 Å². The van der Waals surface area contributed by atoms with Crippen LogP contribution in [0.4, 0.5) is 0 Å². The number of benzene rings is 1. The quantitative estimate of drug-likeness (QED) is 0.811. The van der Waals surface area contributed by atoms with Gasteiger partial charge in [-0.25, -0.2) is 0 Å². The lowest BCUT2D eigenvalue weighted by atomic mass is 9.98. The first-order valence-electron chi connectivity index (χ1n) is 8.26. The number of amides is 1. The Morgan fingerprint density at radius 3 is 2.71 bits per heavy atom. The van der Waals surface area contributed by atoms with Gasteiger partial charge in [0.2, 0.25) is 0 Å². The van der Waals surface area contributed by atoms with E-state index in [4.69, 9.17) is 0 Å². The Balaban J connectivity index is 1.66. The molecule has 2 aromatic rings. The van der Waals surface area contributed by atoms with Gasteiger partial charge in [0.05, 0.1) is 10.9 Å². The molecule has 0 spiro atoms. The van der Waals surface area contributed by atoms with E-state index in [-0.39, 0.29) is 11.9 Å². The monoisotopic (exact) mass is 340 g/mol. The number of hydrogen-bond donors (Lipinski definition) is 2. The summed E-state index contributed by atoms with van der Waals surface area (Å²) >= 11 is 1.69. The minimum Gasteiger partial charge on any atom is -0.333 e. The topological polar surface area (TPSA) is 69.5 Å². The van der Waals surface area contributed by atoms with Crippen LogP contribution in [-0.2, 0) is 4.79 Å². The van der Waals surface area contributed by atoms with Crippen LogP contribution in [0.5, 0.6) is 0 Å². The lowest BCUT2D eigenvalue weighted by molar-refractivity contribution is -0.676. The van der Waals surface area contributed by atoms with E-state index in [2.05, 4.69) is 35.0 Å². The zero-order chi connectivity index (χ0) is 17.0. The summed E-state index contributed by atoms with van der Waals surface area (Å²) in [6, 6.07) is 16.7. The summed E-state index contributed by atoms with van der Waals surface area (Å²) in [5, 5.41) is 16.4. The molecule has 4 nitrogen and oxygen atoms in total. The van der Waals surface area contributed by atoms with E-state index in [1.54, 1.807) is 11.3 Å². The summed E-state index contributed by atoms with van der Waals surface area (Å²) in [6.07, 6.45) is 2.05. The van der Waals surface area contributed by atoms with E-state index in [1.807, 2.05) is 36.5 Å². The molecule has 0 aliphatic heterocycles. The van der Waals surface area contributed by atoms with Crippen LogP contribution in [0.15, 0.2) is 47.8 Å². The first-order chi connectivity index (χ1) is 11.6. The second-order valence-corrected chi connectivity index (χ2v) is 7.46. The molecular formula is C19H22N3OS+. The Hall–Kier alpha value is -2.16. The fourth-order valence-electron chi connectivity index (χ4n) is 2.99. The molecule has 1 aliphatic rings. The molecule has 0 bridgehead atoms. The smallest absolute Gasteiger partial charge is 0.276 e. The fraction of sp³-hybridized carbons (Fsp3) is 0.368. The molecule has 3 rings (SSSR count). The van der Waals surface area contributed by atoms with Gasteiger partial charge in [0.25, 0.3) is 5.91 Å². The van der Waals surface area contributed by atoms with Crippen LogP contribution in [0, 0.1) is 17.2 Å². The van der Waals surface area contributed by atoms with Gasteiger partial charge in [-0.2, -0.15) is 5.26 Å². The van der Waals surface area contributed by atoms with Gasteiger partial charge >= 0.3 is 0 Å². The number of nitriles is 1. The molecule has 24 heavy (non-hydrogen) atoms. The van der Waals surface area contributed by atoms with Gasteiger partial charge in [0.15, 0.2) is 6.54 Å². The molecule has 1 aromatic heterocycles. The Morgan fingerprint density at radius 1 is 1.38 bits per heavy atom. The van der Waals surface area contributed by atoms with Crippen molar-refractivity contribution in [2.45, 2.75) is 31.3 Å². The number of nitrogens with zero attached hydrogens (tertiary/aromatic N) is 1. The molecule has 1 saturated carbocycles. The van der Waals surface area contributed by atoms with Crippen molar-refractivity contribution in [3.8, 4) is 6.07 Å². The van der Waals surface area contributed by atoms with E-state index < -0.39 is 5.54 Å². The van der Waals surface area contributed by atoms with Crippen LogP contribution < -0.4 is 10.6 Å². The second kappa shape index (κ2) is 7.16. The van der Waals surface area contributed by atoms with Gasteiger partial charge in [0.1, 0.15) is 11.6 Å². The summed E-state index contributed by atoms with van der Waals surface area (Å²) < 4.78 is 0. The van der Waals surface area contributed by atoms with E-state index >= 15 is 0 Å². The molecule has 1 aliphatic carbocycles. The van der Waals surface area contributed by atoms with Crippen molar-refractivity contribution in [3.63, 3.8) is 0 Å². The zero-order valence-electron chi connectivity index (χ0n) is 13.7. The average Bonchev–Trinajstić information content (AvgIpc) is 3.33. The number of thiophene rings is 1. The third kappa shape index (κ3) is 3.84. The Kier molecular flexibility index (Phi) is 4.98. The number of quaternary nitrogens is 1. The first kappa shape index (κ1) is 16.7. The molecule has 1 aromatic carbocycles. The normalized spacial score (nSPS) is 17.5. The highest BCUT2D eigenvalue weighted by molar-refractivity contribution is 7.10. The van der Waals surface area contributed by atoms with E-state index in [0.717, 1.165) is 12.8 Å². The van der Waals surface area contributed by atoms with Crippen LogP contribution in [0.2, 0.25) is 0 Å². The zero-order valence-corrected chi connectivity index (χ0v) is 14.6. The van der Waals surface area contributed by atoms with Gasteiger partial charge < -0.3 is 10.6 Å². The highest BCUT2D eigenvalue weighted by Crippen LogP contribution is 2.39. The van der Waals surface area contributed by atoms with Crippen LogP contribution in [0.25, 0.3) is 0 Å². The van der Waals surface area contributed by atoms with Gasteiger partial charge in [-0.05, 0) is 37.1 Å². The van der Waals surface area contributed by atoms with Gasteiger partial charge in [0, 0.05) is 5.56 Å². The van der Waals surface area contributed by atoms with Gasteiger partial charge in [-0.1, -0.05) is 36.4 Å². The molecule has 0 saturated heterocycles. The second-order valence-electron chi connectivity index (χ2n) is 6.48. The predicted octanol–water partition coefficient (Wildman–Crippen LogP) is 2.21. The molecule has 0 radical (unpaired) electrons. The van der Waals surface area contributed by atoms with Crippen molar-refractivity contribution < 1.29 is 10.1 Å². The summed E-state index contributed by atoms with van der Waals surface area (Å²) in [5.41, 5.74) is 0.453. The molecule has 3 N–H and O–H groups in total.